The minimum atomic E-state index is 0.835. The summed E-state index contributed by atoms with van der Waals surface area (Å²) in [6, 6.07) is 4.08. The van der Waals surface area contributed by atoms with E-state index >= 15 is 0 Å². The average molecular weight is 374 g/mol. The second-order valence-corrected chi connectivity index (χ2v) is 6.53. The van der Waals surface area contributed by atoms with Crippen molar-refractivity contribution in [2.24, 2.45) is 0 Å². The lowest BCUT2D eigenvalue weighted by molar-refractivity contribution is 0.380. The van der Waals surface area contributed by atoms with Gasteiger partial charge in [0.25, 0.3) is 0 Å². The number of hydrogen-bond donors (Lipinski definition) is 1. The fourth-order valence-electron chi connectivity index (χ4n) is 2.29. The van der Waals surface area contributed by atoms with Gasteiger partial charge in [0.05, 0.1) is 5.69 Å². The first kappa shape index (κ1) is 13.9. The molecule has 18 heavy (non-hydrogen) atoms. The van der Waals surface area contributed by atoms with E-state index in [0.717, 1.165) is 26.7 Å². The molecule has 1 aliphatic carbocycles. The number of benzene rings is 1. The summed E-state index contributed by atoms with van der Waals surface area (Å²) >= 11 is 7.01. The summed E-state index contributed by atoms with van der Waals surface area (Å²) in [7, 11) is 2.14. The molecule has 4 heteroatoms. The van der Waals surface area contributed by atoms with Crippen LogP contribution in [0.5, 0.6) is 0 Å². The summed E-state index contributed by atoms with van der Waals surface area (Å²) in [6.45, 7) is 0.857. The molecule has 0 bridgehead atoms. The van der Waals surface area contributed by atoms with Crippen molar-refractivity contribution in [1.82, 2.24) is 4.90 Å². The van der Waals surface area contributed by atoms with E-state index in [4.69, 9.17) is 5.73 Å². The van der Waals surface area contributed by atoms with Crippen molar-refractivity contribution in [2.45, 2.75) is 32.2 Å². The molecule has 0 atom stereocenters. The van der Waals surface area contributed by atoms with Crippen LogP contribution in [0.25, 0.3) is 0 Å². The van der Waals surface area contributed by atoms with Crippen molar-refractivity contribution in [3.05, 3.63) is 38.4 Å². The second-order valence-electron chi connectivity index (χ2n) is 4.76. The monoisotopic (exact) mass is 372 g/mol. The highest BCUT2D eigenvalue weighted by atomic mass is 79.9. The highest BCUT2D eigenvalue weighted by Crippen LogP contribution is 2.30. The predicted octanol–water partition coefficient (Wildman–Crippen LogP) is 4.68. The third kappa shape index (κ3) is 3.29. The highest BCUT2D eigenvalue weighted by molar-refractivity contribution is 9.11. The van der Waals surface area contributed by atoms with Crippen LogP contribution in [0.4, 0.5) is 5.69 Å². The summed E-state index contributed by atoms with van der Waals surface area (Å²) in [5.41, 5.74) is 9.55. The first-order chi connectivity index (χ1) is 8.58. The molecule has 0 radical (unpaired) electrons. The van der Waals surface area contributed by atoms with E-state index in [1.54, 1.807) is 0 Å². The SMILES string of the molecule is CN(Cc1cc(Br)cc(Br)c1N)C1=CCCCC1. The lowest BCUT2D eigenvalue weighted by atomic mass is 10.0. The van der Waals surface area contributed by atoms with E-state index in [-0.39, 0.29) is 0 Å². The molecule has 2 nitrogen and oxygen atoms in total. The van der Waals surface area contributed by atoms with Crippen LogP contribution >= 0.6 is 31.9 Å². The number of rotatable bonds is 3. The van der Waals surface area contributed by atoms with E-state index in [1.807, 2.05) is 6.07 Å². The van der Waals surface area contributed by atoms with Gasteiger partial charge in [-0.2, -0.15) is 0 Å². The Morgan fingerprint density at radius 2 is 2.06 bits per heavy atom. The molecule has 2 rings (SSSR count). The molecule has 0 fully saturated rings. The maximum absolute atomic E-state index is 6.12. The van der Waals surface area contributed by atoms with E-state index in [1.165, 1.54) is 31.4 Å². The summed E-state index contributed by atoms with van der Waals surface area (Å²) in [5.74, 6) is 0. The standard InChI is InChI=1S/C14H18Br2N2/c1-18(12-5-3-2-4-6-12)9-10-7-11(15)8-13(16)14(10)17/h5,7-8H,2-4,6,9,17H2,1H3. The third-order valence-electron chi connectivity index (χ3n) is 3.34. The first-order valence-electron chi connectivity index (χ1n) is 6.21. The van der Waals surface area contributed by atoms with Crippen LogP contribution in [-0.4, -0.2) is 11.9 Å². The normalized spacial score (nSPS) is 15.4. The van der Waals surface area contributed by atoms with Gasteiger partial charge in [-0.3, -0.25) is 0 Å². The number of nitrogen functional groups attached to an aromatic ring is 1. The Morgan fingerprint density at radius 1 is 1.28 bits per heavy atom. The minimum absolute atomic E-state index is 0.835. The number of allylic oxidation sites excluding steroid dienone is 2. The Bertz CT molecular complexity index is 469. The van der Waals surface area contributed by atoms with Gasteiger partial charge < -0.3 is 10.6 Å². The molecule has 0 heterocycles. The van der Waals surface area contributed by atoms with Crippen LogP contribution in [0.3, 0.4) is 0 Å². The molecule has 0 saturated carbocycles. The first-order valence-corrected chi connectivity index (χ1v) is 7.80. The van der Waals surface area contributed by atoms with Crippen molar-refractivity contribution >= 4 is 37.5 Å². The Kier molecular flexibility index (Phi) is 4.73. The number of halogens is 2. The Balaban J connectivity index is 2.16. The van der Waals surface area contributed by atoms with Crippen molar-refractivity contribution in [1.29, 1.82) is 0 Å². The Hall–Kier alpha value is -0.480. The fourth-order valence-corrected chi connectivity index (χ4v) is 3.61. The summed E-state index contributed by atoms with van der Waals surface area (Å²) < 4.78 is 2.02. The molecule has 1 aromatic carbocycles. The molecular weight excluding hydrogens is 356 g/mol. The van der Waals surface area contributed by atoms with Crippen molar-refractivity contribution in [3.63, 3.8) is 0 Å². The van der Waals surface area contributed by atoms with E-state index in [0.29, 0.717) is 0 Å². The second kappa shape index (κ2) is 6.11. The van der Waals surface area contributed by atoms with Gasteiger partial charge in [-0.05, 0) is 59.3 Å². The van der Waals surface area contributed by atoms with Gasteiger partial charge in [-0.25, -0.2) is 0 Å². The molecule has 0 aromatic heterocycles. The molecule has 0 aliphatic heterocycles. The van der Waals surface area contributed by atoms with Crippen molar-refractivity contribution in [2.75, 3.05) is 12.8 Å². The third-order valence-corrected chi connectivity index (χ3v) is 4.46. The fraction of sp³-hybridized carbons (Fsp3) is 0.429. The van der Waals surface area contributed by atoms with Gasteiger partial charge in [0.1, 0.15) is 0 Å². The van der Waals surface area contributed by atoms with Crippen molar-refractivity contribution < 1.29 is 0 Å². The molecule has 98 valence electrons. The largest absolute Gasteiger partial charge is 0.398 e. The van der Waals surface area contributed by atoms with Gasteiger partial charge in [0.15, 0.2) is 0 Å². The smallest absolute Gasteiger partial charge is 0.0509 e. The number of hydrogen-bond acceptors (Lipinski definition) is 2. The van der Waals surface area contributed by atoms with Crippen LogP contribution in [-0.2, 0) is 6.54 Å². The zero-order valence-electron chi connectivity index (χ0n) is 10.5. The van der Waals surface area contributed by atoms with E-state index in [9.17, 15) is 0 Å². The molecule has 0 spiro atoms. The maximum Gasteiger partial charge on any atom is 0.0509 e. The molecule has 0 amide bonds. The maximum atomic E-state index is 6.12. The lowest BCUT2D eigenvalue weighted by Crippen LogP contribution is -2.19. The van der Waals surface area contributed by atoms with Crippen LogP contribution < -0.4 is 5.73 Å². The molecular formula is C14H18Br2N2. The number of nitrogens with zero attached hydrogens (tertiary/aromatic N) is 1. The van der Waals surface area contributed by atoms with Crippen LogP contribution in [0, 0.1) is 0 Å². The van der Waals surface area contributed by atoms with Crippen LogP contribution in [0.15, 0.2) is 32.9 Å². The topological polar surface area (TPSA) is 29.3 Å². The number of anilines is 1. The Morgan fingerprint density at radius 3 is 2.72 bits per heavy atom. The minimum Gasteiger partial charge on any atom is -0.398 e. The Labute approximate surface area is 125 Å². The van der Waals surface area contributed by atoms with E-state index < -0.39 is 0 Å². The summed E-state index contributed by atoms with van der Waals surface area (Å²) in [6.07, 6.45) is 7.37. The average Bonchev–Trinajstić information content (AvgIpc) is 2.36. The van der Waals surface area contributed by atoms with Gasteiger partial charge in [-0.15, -0.1) is 0 Å². The molecule has 0 unspecified atom stereocenters. The highest BCUT2D eigenvalue weighted by Gasteiger charge is 2.12. The quantitative estimate of drug-likeness (QED) is 0.779. The summed E-state index contributed by atoms with van der Waals surface area (Å²) in [5, 5.41) is 0. The van der Waals surface area contributed by atoms with E-state index in [2.05, 4.69) is 55.9 Å². The zero-order chi connectivity index (χ0) is 13.1. The zero-order valence-corrected chi connectivity index (χ0v) is 13.7. The molecule has 0 saturated heterocycles. The lowest BCUT2D eigenvalue weighted by Gasteiger charge is -2.26. The number of nitrogens with two attached hydrogens (primary N) is 1. The van der Waals surface area contributed by atoms with Gasteiger partial charge in [0, 0.05) is 28.2 Å². The predicted molar refractivity (Wildman–Crippen MR) is 84.3 cm³/mol. The van der Waals surface area contributed by atoms with Gasteiger partial charge >= 0.3 is 0 Å². The van der Waals surface area contributed by atoms with Gasteiger partial charge in [0.2, 0.25) is 0 Å². The molecule has 1 aliphatic rings. The van der Waals surface area contributed by atoms with Gasteiger partial charge in [-0.1, -0.05) is 22.0 Å². The summed E-state index contributed by atoms with van der Waals surface area (Å²) in [4.78, 5) is 2.31. The van der Waals surface area contributed by atoms with Crippen LogP contribution in [0.1, 0.15) is 31.2 Å². The molecule has 2 N–H and O–H groups in total. The van der Waals surface area contributed by atoms with Crippen molar-refractivity contribution in [3.8, 4) is 0 Å². The molecule has 1 aromatic rings. The van der Waals surface area contributed by atoms with Crippen LogP contribution in [0.2, 0.25) is 0 Å².